The summed E-state index contributed by atoms with van der Waals surface area (Å²) >= 11 is 7.58. The van der Waals surface area contributed by atoms with Gasteiger partial charge in [-0.05, 0) is 47.7 Å². The summed E-state index contributed by atoms with van der Waals surface area (Å²) in [7, 11) is 1.61. The maximum Gasteiger partial charge on any atom is 0.242 e. The SMILES string of the molecule is CC[C@@H](C(=O)NCC(C)C)N(Cc1cccc(OC)c1)C(=O)CSCc1cccc(Cl)c1. The number of carbonyl (C=O) groups excluding carboxylic acids is 2. The number of methoxy groups -OCH3 is 1. The van der Waals surface area contributed by atoms with E-state index in [1.54, 1.807) is 12.0 Å². The van der Waals surface area contributed by atoms with E-state index < -0.39 is 6.04 Å². The van der Waals surface area contributed by atoms with Crippen molar-refractivity contribution in [1.82, 2.24) is 10.2 Å². The predicted molar refractivity (Wildman–Crippen MR) is 133 cm³/mol. The first-order valence-electron chi connectivity index (χ1n) is 10.9. The second-order valence-electron chi connectivity index (χ2n) is 8.06. The van der Waals surface area contributed by atoms with E-state index in [1.807, 2.05) is 69.3 Å². The maximum atomic E-state index is 13.3. The van der Waals surface area contributed by atoms with Crippen molar-refractivity contribution in [1.29, 1.82) is 0 Å². The van der Waals surface area contributed by atoms with Gasteiger partial charge in [-0.1, -0.05) is 56.6 Å². The minimum Gasteiger partial charge on any atom is -0.497 e. The molecule has 2 rings (SSSR count). The monoisotopic (exact) mass is 476 g/mol. The molecular formula is C25H33ClN2O3S. The van der Waals surface area contributed by atoms with Crippen molar-refractivity contribution >= 4 is 35.2 Å². The third kappa shape index (κ3) is 8.40. The highest BCUT2D eigenvalue weighted by molar-refractivity contribution is 7.99. The van der Waals surface area contributed by atoms with E-state index in [0.717, 1.165) is 16.9 Å². The summed E-state index contributed by atoms with van der Waals surface area (Å²) in [6.07, 6.45) is 0.540. The van der Waals surface area contributed by atoms with Gasteiger partial charge in [0.25, 0.3) is 0 Å². The van der Waals surface area contributed by atoms with Crippen molar-refractivity contribution in [2.75, 3.05) is 19.4 Å². The Labute approximate surface area is 200 Å². The van der Waals surface area contributed by atoms with Gasteiger partial charge in [0.15, 0.2) is 0 Å². The van der Waals surface area contributed by atoms with Crippen LogP contribution in [0.2, 0.25) is 5.02 Å². The molecule has 7 heteroatoms. The van der Waals surface area contributed by atoms with Crippen molar-refractivity contribution in [2.24, 2.45) is 5.92 Å². The number of hydrogen-bond acceptors (Lipinski definition) is 4. The van der Waals surface area contributed by atoms with E-state index in [4.69, 9.17) is 16.3 Å². The van der Waals surface area contributed by atoms with E-state index in [0.29, 0.717) is 36.2 Å². The fourth-order valence-electron chi connectivity index (χ4n) is 3.28. The van der Waals surface area contributed by atoms with Crippen LogP contribution in [0.4, 0.5) is 0 Å². The van der Waals surface area contributed by atoms with Crippen LogP contribution in [0.1, 0.15) is 38.3 Å². The van der Waals surface area contributed by atoms with Crippen LogP contribution in [0, 0.1) is 5.92 Å². The molecule has 0 unspecified atom stereocenters. The minimum absolute atomic E-state index is 0.0635. The lowest BCUT2D eigenvalue weighted by Crippen LogP contribution is -2.50. The molecule has 32 heavy (non-hydrogen) atoms. The Morgan fingerprint density at radius 3 is 2.50 bits per heavy atom. The van der Waals surface area contributed by atoms with E-state index in [-0.39, 0.29) is 17.6 Å². The van der Waals surface area contributed by atoms with Crippen LogP contribution in [-0.2, 0) is 21.9 Å². The molecule has 5 nitrogen and oxygen atoms in total. The second kappa shape index (κ2) is 13.4. The number of benzene rings is 2. The first kappa shape index (κ1) is 26.1. The van der Waals surface area contributed by atoms with Crippen LogP contribution in [0.25, 0.3) is 0 Å². The maximum absolute atomic E-state index is 13.3. The molecule has 174 valence electrons. The van der Waals surface area contributed by atoms with Gasteiger partial charge in [0.2, 0.25) is 11.8 Å². The summed E-state index contributed by atoms with van der Waals surface area (Å²) in [4.78, 5) is 27.9. The van der Waals surface area contributed by atoms with Crippen molar-refractivity contribution in [3.63, 3.8) is 0 Å². The Bertz CT molecular complexity index is 891. The van der Waals surface area contributed by atoms with E-state index in [1.165, 1.54) is 11.8 Å². The van der Waals surface area contributed by atoms with Gasteiger partial charge in [0.05, 0.1) is 12.9 Å². The fraction of sp³-hybridized carbons (Fsp3) is 0.440. The summed E-state index contributed by atoms with van der Waals surface area (Å²) < 4.78 is 5.32. The number of halogens is 1. The zero-order valence-electron chi connectivity index (χ0n) is 19.3. The van der Waals surface area contributed by atoms with Gasteiger partial charge in [0, 0.05) is 23.9 Å². The number of ether oxygens (including phenoxy) is 1. The molecule has 0 heterocycles. The molecule has 0 saturated carbocycles. The van der Waals surface area contributed by atoms with Crippen LogP contribution < -0.4 is 10.1 Å². The third-order valence-corrected chi connectivity index (χ3v) is 6.16. The molecule has 2 aromatic rings. The number of nitrogens with one attached hydrogen (secondary N) is 1. The van der Waals surface area contributed by atoms with Crippen molar-refractivity contribution in [3.05, 3.63) is 64.7 Å². The number of nitrogens with zero attached hydrogens (tertiary/aromatic N) is 1. The van der Waals surface area contributed by atoms with Gasteiger partial charge in [0.1, 0.15) is 11.8 Å². The van der Waals surface area contributed by atoms with Crippen LogP contribution in [0.3, 0.4) is 0 Å². The highest BCUT2D eigenvalue weighted by Crippen LogP contribution is 2.20. The topological polar surface area (TPSA) is 58.6 Å². The third-order valence-electron chi connectivity index (χ3n) is 4.94. The molecule has 2 amide bonds. The smallest absolute Gasteiger partial charge is 0.242 e. The zero-order chi connectivity index (χ0) is 23.5. The molecule has 0 spiro atoms. The highest BCUT2D eigenvalue weighted by atomic mass is 35.5. The lowest BCUT2D eigenvalue weighted by Gasteiger charge is -2.31. The Hall–Kier alpha value is -2.18. The number of carbonyl (C=O) groups is 2. The normalized spacial score (nSPS) is 11.8. The van der Waals surface area contributed by atoms with Crippen LogP contribution in [0.5, 0.6) is 5.75 Å². The molecule has 0 aliphatic rings. The largest absolute Gasteiger partial charge is 0.497 e. The van der Waals surface area contributed by atoms with Gasteiger partial charge in [-0.3, -0.25) is 9.59 Å². The lowest BCUT2D eigenvalue weighted by molar-refractivity contribution is -0.139. The molecule has 0 fully saturated rings. The number of rotatable bonds is 12. The molecule has 0 saturated heterocycles. The Morgan fingerprint density at radius 2 is 1.84 bits per heavy atom. The van der Waals surface area contributed by atoms with Crippen LogP contribution >= 0.6 is 23.4 Å². The van der Waals surface area contributed by atoms with E-state index in [2.05, 4.69) is 5.32 Å². The number of hydrogen-bond donors (Lipinski definition) is 1. The Morgan fingerprint density at radius 1 is 1.12 bits per heavy atom. The van der Waals surface area contributed by atoms with Crippen molar-refractivity contribution in [2.45, 2.75) is 45.5 Å². The zero-order valence-corrected chi connectivity index (χ0v) is 20.8. The first-order valence-corrected chi connectivity index (χ1v) is 12.4. The first-order chi connectivity index (χ1) is 15.3. The van der Waals surface area contributed by atoms with Gasteiger partial charge in [-0.15, -0.1) is 11.8 Å². The molecule has 1 atom stereocenters. The van der Waals surface area contributed by atoms with Gasteiger partial charge >= 0.3 is 0 Å². The average molecular weight is 477 g/mol. The van der Waals surface area contributed by atoms with Gasteiger partial charge in [-0.25, -0.2) is 0 Å². The summed E-state index contributed by atoms with van der Waals surface area (Å²) in [6, 6.07) is 14.7. The summed E-state index contributed by atoms with van der Waals surface area (Å²) in [5.41, 5.74) is 1.99. The Kier molecular flexibility index (Phi) is 10.9. The average Bonchev–Trinajstić information content (AvgIpc) is 2.77. The van der Waals surface area contributed by atoms with Gasteiger partial charge < -0.3 is 15.0 Å². The molecule has 0 radical (unpaired) electrons. The molecule has 0 aromatic heterocycles. The minimum atomic E-state index is -0.528. The van der Waals surface area contributed by atoms with E-state index >= 15 is 0 Å². The van der Waals surface area contributed by atoms with Crippen LogP contribution in [0.15, 0.2) is 48.5 Å². The van der Waals surface area contributed by atoms with Crippen molar-refractivity contribution < 1.29 is 14.3 Å². The number of amides is 2. The molecule has 2 aromatic carbocycles. The highest BCUT2D eigenvalue weighted by Gasteiger charge is 2.28. The second-order valence-corrected chi connectivity index (χ2v) is 9.48. The molecule has 0 aliphatic carbocycles. The quantitative estimate of drug-likeness (QED) is 0.459. The molecule has 1 N–H and O–H groups in total. The molecule has 0 aliphatic heterocycles. The summed E-state index contributed by atoms with van der Waals surface area (Å²) in [5, 5.41) is 3.67. The Balaban J connectivity index is 2.14. The fourth-order valence-corrected chi connectivity index (χ4v) is 4.35. The van der Waals surface area contributed by atoms with Crippen LogP contribution in [-0.4, -0.2) is 42.2 Å². The summed E-state index contributed by atoms with van der Waals surface area (Å²) in [6.45, 7) is 6.96. The summed E-state index contributed by atoms with van der Waals surface area (Å²) in [5.74, 6) is 1.85. The molecule has 0 bridgehead atoms. The molecular weight excluding hydrogens is 444 g/mol. The van der Waals surface area contributed by atoms with E-state index in [9.17, 15) is 9.59 Å². The standard InChI is InChI=1S/C25H33ClN2O3S/c1-5-23(25(30)27-14-18(2)3)28(15-19-8-7-11-22(13-19)31-4)24(29)17-32-16-20-9-6-10-21(26)12-20/h6-13,18,23H,5,14-17H2,1-4H3,(H,27,30)/t23-/m0/s1. The van der Waals surface area contributed by atoms with Crippen molar-refractivity contribution in [3.8, 4) is 5.75 Å². The lowest BCUT2D eigenvalue weighted by atomic mass is 10.1. The van der Waals surface area contributed by atoms with Gasteiger partial charge in [-0.2, -0.15) is 0 Å². The predicted octanol–water partition coefficient (Wildman–Crippen LogP) is 5.16. The number of thioether (sulfide) groups is 1.